The Hall–Kier alpha value is -1.76. The zero-order valence-corrected chi connectivity index (χ0v) is 11.8. The maximum Gasteiger partial charge on any atom is 0.0401 e. The van der Waals surface area contributed by atoms with E-state index >= 15 is 0 Å². The van der Waals surface area contributed by atoms with Crippen molar-refractivity contribution < 1.29 is 0 Å². The first-order valence-corrected chi connectivity index (χ1v) is 7.80. The Morgan fingerprint density at radius 3 is 2.30 bits per heavy atom. The van der Waals surface area contributed by atoms with E-state index < -0.39 is 0 Å². The molecular weight excluding hydrogens is 242 g/mol. The fourth-order valence-corrected chi connectivity index (χ4v) is 3.49. The zero-order valence-electron chi connectivity index (χ0n) is 11.8. The summed E-state index contributed by atoms with van der Waals surface area (Å²) in [5, 5.41) is 0. The maximum atomic E-state index is 2.60. The van der Waals surface area contributed by atoms with Crippen molar-refractivity contribution in [3.8, 4) is 0 Å². The van der Waals surface area contributed by atoms with Gasteiger partial charge in [0.1, 0.15) is 0 Å². The van der Waals surface area contributed by atoms with Crippen molar-refractivity contribution in [2.75, 3.05) is 18.0 Å². The second-order valence-electron chi connectivity index (χ2n) is 6.18. The molecule has 1 saturated carbocycles. The lowest BCUT2D eigenvalue weighted by molar-refractivity contribution is 0.775. The molecule has 0 N–H and O–H groups in total. The molecular formula is C19H21N. The summed E-state index contributed by atoms with van der Waals surface area (Å²) in [4.78, 5) is 2.60. The summed E-state index contributed by atoms with van der Waals surface area (Å²) in [5.74, 6) is 1.53. The van der Waals surface area contributed by atoms with Crippen LogP contribution in [0, 0.1) is 0 Å². The summed E-state index contributed by atoms with van der Waals surface area (Å²) < 4.78 is 0. The van der Waals surface area contributed by atoms with Crippen molar-refractivity contribution >= 4 is 5.69 Å². The van der Waals surface area contributed by atoms with Crippen LogP contribution in [0.15, 0.2) is 54.6 Å². The van der Waals surface area contributed by atoms with Crippen LogP contribution >= 0.6 is 0 Å². The molecule has 1 heteroatoms. The van der Waals surface area contributed by atoms with E-state index in [2.05, 4.69) is 59.5 Å². The first kappa shape index (κ1) is 12.0. The molecule has 0 spiro atoms. The largest absolute Gasteiger partial charge is 0.371 e. The van der Waals surface area contributed by atoms with Crippen molar-refractivity contribution in [3.05, 3.63) is 65.7 Å². The summed E-state index contributed by atoms with van der Waals surface area (Å²) in [6, 6.07) is 20.0. The standard InChI is InChI=1S/C19H21N/c1-2-6-15(7-3-1)17-12-13-20(14-17)19-9-5-4-8-18(19)16-10-11-16/h1-9,16-17H,10-14H2. The molecule has 2 aromatic carbocycles. The van der Waals surface area contributed by atoms with E-state index in [0.29, 0.717) is 5.92 Å². The van der Waals surface area contributed by atoms with Gasteiger partial charge in [-0.05, 0) is 42.4 Å². The minimum Gasteiger partial charge on any atom is -0.371 e. The van der Waals surface area contributed by atoms with Crippen molar-refractivity contribution in [1.82, 2.24) is 0 Å². The summed E-state index contributed by atoms with van der Waals surface area (Å²) in [6.07, 6.45) is 4.04. The minimum atomic E-state index is 0.698. The van der Waals surface area contributed by atoms with E-state index in [-0.39, 0.29) is 0 Å². The Bertz CT molecular complexity index is 586. The van der Waals surface area contributed by atoms with Gasteiger partial charge in [-0.1, -0.05) is 48.5 Å². The van der Waals surface area contributed by atoms with Crippen LogP contribution in [0.5, 0.6) is 0 Å². The molecule has 1 unspecified atom stereocenters. The molecule has 4 rings (SSSR count). The van der Waals surface area contributed by atoms with Crippen molar-refractivity contribution in [3.63, 3.8) is 0 Å². The van der Waals surface area contributed by atoms with Crippen LogP contribution in [0.3, 0.4) is 0 Å². The number of anilines is 1. The van der Waals surface area contributed by atoms with Crippen LogP contribution in [-0.4, -0.2) is 13.1 Å². The van der Waals surface area contributed by atoms with E-state index in [1.165, 1.54) is 43.6 Å². The molecule has 1 atom stereocenters. The van der Waals surface area contributed by atoms with Crippen LogP contribution in [0.25, 0.3) is 0 Å². The van der Waals surface area contributed by atoms with E-state index in [1.54, 1.807) is 5.56 Å². The first-order valence-electron chi connectivity index (χ1n) is 7.80. The molecule has 1 nitrogen and oxygen atoms in total. The van der Waals surface area contributed by atoms with Crippen LogP contribution in [0.2, 0.25) is 0 Å². The third-order valence-corrected chi connectivity index (χ3v) is 4.75. The maximum absolute atomic E-state index is 2.60. The highest BCUT2D eigenvalue weighted by atomic mass is 15.2. The Kier molecular flexibility index (Phi) is 2.99. The SMILES string of the molecule is c1ccc(C2CCN(c3ccccc3C3CC3)C2)cc1. The number of para-hydroxylation sites is 1. The molecule has 0 radical (unpaired) electrons. The van der Waals surface area contributed by atoms with Crippen molar-refractivity contribution in [2.45, 2.75) is 31.1 Å². The molecule has 1 aliphatic carbocycles. The Labute approximate surface area is 121 Å². The van der Waals surface area contributed by atoms with Gasteiger partial charge in [0.25, 0.3) is 0 Å². The van der Waals surface area contributed by atoms with Gasteiger partial charge in [0, 0.05) is 24.7 Å². The van der Waals surface area contributed by atoms with Crippen molar-refractivity contribution in [2.24, 2.45) is 0 Å². The van der Waals surface area contributed by atoms with E-state index in [4.69, 9.17) is 0 Å². The van der Waals surface area contributed by atoms with Crippen molar-refractivity contribution in [1.29, 1.82) is 0 Å². The van der Waals surface area contributed by atoms with Gasteiger partial charge in [-0.2, -0.15) is 0 Å². The Balaban J connectivity index is 1.57. The van der Waals surface area contributed by atoms with Crippen LogP contribution in [0.1, 0.15) is 42.2 Å². The lowest BCUT2D eigenvalue weighted by Crippen LogP contribution is -2.20. The molecule has 0 bridgehead atoms. The Morgan fingerprint density at radius 1 is 0.750 bits per heavy atom. The average molecular weight is 263 g/mol. The molecule has 2 aromatic rings. The van der Waals surface area contributed by atoms with Gasteiger partial charge in [-0.3, -0.25) is 0 Å². The van der Waals surface area contributed by atoms with Gasteiger partial charge in [0.05, 0.1) is 0 Å². The van der Waals surface area contributed by atoms with E-state index in [9.17, 15) is 0 Å². The molecule has 0 aromatic heterocycles. The first-order chi connectivity index (χ1) is 9.92. The Morgan fingerprint density at radius 2 is 1.50 bits per heavy atom. The summed E-state index contributed by atoms with van der Waals surface area (Å²) >= 11 is 0. The fourth-order valence-electron chi connectivity index (χ4n) is 3.49. The predicted molar refractivity (Wildman–Crippen MR) is 84.4 cm³/mol. The van der Waals surface area contributed by atoms with Gasteiger partial charge in [0.2, 0.25) is 0 Å². The van der Waals surface area contributed by atoms with Gasteiger partial charge in [-0.15, -0.1) is 0 Å². The molecule has 2 aliphatic rings. The fraction of sp³-hybridized carbons (Fsp3) is 0.368. The second kappa shape index (κ2) is 4.97. The molecule has 1 heterocycles. The number of hydrogen-bond donors (Lipinski definition) is 0. The summed E-state index contributed by atoms with van der Waals surface area (Å²) in [5.41, 5.74) is 4.58. The highest BCUT2D eigenvalue weighted by Gasteiger charge is 2.30. The molecule has 20 heavy (non-hydrogen) atoms. The second-order valence-corrected chi connectivity index (χ2v) is 6.18. The topological polar surface area (TPSA) is 3.24 Å². The molecule has 1 saturated heterocycles. The zero-order chi connectivity index (χ0) is 13.4. The van der Waals surface area contributed by atoms with Crippen LogP contribution in [-0.2, 0) is 0 Å². The monoisotopic (exact) mass is 263 g/mol. The quantitative estimate of drug-likeness (QED) is 0.784. The number of hydrogen-bond acceptors (Lipinski definition) is 1. The highest BCUT2D eigenvalue weighted by Crippen LogP contribution is 2.45. The average Bonchev–Trinajstić information content (AvgIpc) is 3.25. The lowest BCUT2D eigenvalue weighted by atomic mass is 9.99. The number of nitrogens with zero attached hydrogens (tertiary/aromatic N) is 1. The lowest BCUT2D eigenvalue weighted by Gasteiger charge is -2.22. The van der Waals surface area contributed by atoms with Crippen LogP contribution < -0.4 is 4.90 Å². The van der Waals surface area contributed by atoms with Gasteiger partial charge in [-0.25, -0.2) is 0 Å². The molecule has 1 aliphatic heterocycles. The van der Waals surface area contributed by atoms with Crippen LogP contribution in [0.4, 0.5) is 5.69 Å². The van der Waals surface area contributed by atoms with Gasteiger partial charge >= 0.3 is 0 Å². The summed E-state index contributed by atoms with van der Waals surface area (Å²) in [7, 11) is 0. The molecule has 2 fully saturated rings. The highest BCUT2D eigenvalue weighted by molar-refractivity contribution is 5.57. The van der Waals surface area contributed by atoms with Gasteiger partial charge in [0.15, 0.2) is 0 Å². The van der Waals surface area contributed by atoms with Gasteiger partial charge < -0.3 is 4.90 Å². The third-order valence-electron chi connectivity index (χ3n) is 4.75. The molecule has 102 valence electrons. The number of rotatable bonds is 3. The van der Waals surface area contributed by atoms with E-state index in [0.717, 1.165) is 5.92 Å². The third kappa shape index (κ3) is 2.22. The normalized spacial score (nSPS) is 22.2. The number of benzene rings is 2. The summed E-state index contributed by atoms with van der Waals surface area (Å²) in [6.45, 7) is 2.37. The van der Waals surface area contributed by atoms with E-state index in [1.807, 2.05) is 0 Å². The minimum absolute atomic E-state index is 0.698. The predicted octanol–water partition coefficient (Wildman–Crippen LogP) is 4.56. The molecule has 0 amide bonds. The smallest absolute Gasteiger partial charge is 0.0401 e.